The summed E-state index contributed by atoms with van der Waals surface area (Å²) in [5.74, 6) is -0.757. The standard InChI is InChI=1S/C24H27N3O4/c1-2-3-14-20(26-24(30)31-17-18-10-6-4-7-11-18)23-25-21(15-27(23)16-22(28)29)19-12-8-5-9-13-19/h4-13,15,20H,2-3,14,16-17H2,1H3,(H,26,30)(H,28,29)/p-1/t20-/m0/s1. The highest BCUT2D eigenvalue weighted by Gasteiger charge is 2.22. The fourth-order valence-electron chi connectivity index (χ4n) is 3.30. The van der Waals surface area contributed by atoms with Crippen molar-refractivity contribution >= 4 is 12.1 Å². The summed E-state index contributed by atoms with van der Waals surface area (Å²) in [6.07, 6.45) is 3.46. The van der Waals surface area contributed by atoms with E-state index in [1.165, 1.54) is 4.57 Å². The van der Waals surface area contributed by atoms with Gasteiger partial charge in [0.1, 0.15) is 12.4 Å². The third-order valence-electron chi connectivity index (χ3n) is 4.84. The van der Waals surface area contributed by atoms with Crippen molar-refractivity contribution in [2.45, 2.75) is 45.4 Å². The van der Waals surface area contributed by atoms with Crippen molar-refractivity contribution < 1.29 is 19.4 Å². The van der Waals surface area contributed by atoms with E-state index in [0.29, 0.717) is 17.9 Å². The molecule has 0 radical (unpaired) electrons. The minimum atomic E-state index is -1.22. The first-order valence-electron chi connectivity index (χ1n) is 10.4. The van der Waals surface area contributed by atoms with Crippen molar-refractivity contribution in [3.8, 4) is 11.3 Å². The summed E-state index contributed by atoms with van der Waals surface area (Å²) in [5.41, 5.74) is 2.38. The molecule has 1 atom stereocenters. The van der Waals surface area contributed by atoms with E-state index in [2.05, 4.69) is 10.3 Å². The SMILES string of the molecule is CCCC[C@H](NC(=O)OCc1ccccc1)c1nc(-c2ccccc2)cn1CC(=O)[O-]. The van der Waals surface area contributed by atoms with Gasteiger partial charge in [-0.05, 0) is 12.0 Å². The zero-order valence-electron chi connectivity index (χ0n) is 17.5. The van der Waals surface area contributed by atoms with E-state index in [1.807, 2.05) is 67.6 Å². The summed E-state index contributed by atoms with van der Waals surface area (Å²) in [7, 11) is 0. The number of unbranched alkanes of at least 4 members (excludes halogenated alkanes) is 1. The molecule has 1 heterocycles. The highest BCUT2D eigenvalue weighted by atomic mass is 16.5. The summed E-state index contributed by atoms with van der Waals surface area (Å²) >= 11 is 0. The van der Waals surface area contributed by atoms with Crippen LogP contribution >= 0.6 is 0 Å². The van der Waals surface area contributed by atoms with Crippen LogP contribution in [0.5, 0.6) is 0 Å². The molecular weight excluding hydrogens is 394 g/mol. The predicted molar refractivity (Wildman–Crippen MR) is 115 cm³/mol. The molecule has 0 aliphatic heterocycles. The number of alkyl carbamates (subject to hydrolysis) is 1. The molecule has 2 aromatic carbocycles. The average molecular weight is 420 g/mol. The number of aliphatic carboxylic acids is 1. The number of benzene rings is 2. The molecule has 0 aliphatic rings. The molecule has 7 heteroatoms. The molecule has 1 aromatic heterocycles. The fourth-order valence-corrected chi connectivity index (χ4v) is 3.30. The van der Waals surface area contributed by atoms with Gasteiger partial charge in [0.15, 0.2) is 0 Å². The Morgan fingerprint density at radius 2 is 1.77 bits per heavy atom. The molecule has 31 heavy (non-hydrogen) atoms. The van der Waals surface area contributed by atoms with Crippen LogP contribution in [0.25, 0.3) is 11.3 Å². The third kappa shape index (κ3) is 6.44. The number of carboxylic acid groups (broad SMARTS) is 1. The second kappa shape index (κ2) is 11.0. The van der Waals surface area contributed by atoms with Crippen LogP contribution in [-0.2, 0) is 22.7 Å². The van der Waals surface area contributed by atoms with Crippen LogP contribution in [0.2, 0.25) is 0 Å². The predicted octanol–water partition coefficient (Wildman–Crippen LogP) is 3.46. The van der Waals surface area contributed by atoms with Crippen molar-refractivity contribution in [3.05, 3.63) is 78.2 Å². The van der Waals surface area contributed by atoms with Gasteiger partial charge in [-0.25, -0.2) is 9.78 Å². The smallest absolute Gasteiger partial charge is 0.408 e. The van der Waals surface area contributed by atoms with Gasteiger partial charge in [0, 0.05) is 11.8 Å². The zero-order valence-corrected chi connectivity index (χ0v) is 17.5. The van der Waals surface area contributed by atoms with Crippen molar-refractivity contribution in [2.24, 2.45) is 0 Å². The topological polar surface area (TPSA) is 96.3 Å². The number of carbonyl (C=O) groups is 2. The molecule has 3 rings (SSSR count). The van der Waals surface area contributed by atoms with Crippen LogP contribution in [0.3, 0.4) is 0 Å². The van der Waals surface area contributed by atoms with Gasteiger partial charge in [-0.1, -0.05) is 80.4 Å². The summed E-state index contributed by atoms with van der Waals surface area (Å²) < 4.78 is 6.88. The maximum absolute atomic E-state index is 12.5. The molecule has 0 fully saturated rings. The summed E-state index contributed by atoms with van der Waals surface area (Å²) in [5, 5.41) is 14.2. The molecule has 0 saturated heterocycles. The molecule has 162 valence electrons. The molecule has 1 N–H and O–H groups in total. The van der Waals surface area contributed by atoms with E-state index < -0.39 is 18.1 Å². The lowest BCUT2D eigenvalue weighted by Crippen LogP contribution is -2.33. The quantitative estimate of drug-likeness (QED) is 0.542. The van der Waals surface area contributed by atoms with Crippen molar-refractivity contribution in [2.75, 3.05) is 0 Å². The monoisotopic (exact) mass is 420 g/mol. The second-order valence-electron chi connectivity index (χ2n) is 7.25. The van der Waals surface area contributed by atoms with Crippen molar-refractivity contribution in [3.63, 3.8) is 0 Å². The Hall–Kier alpha value is -3.61. The van der Waals surface area contributed by atoms with E-state index in [0.717, 1.165) is 24.0 Å². The molecule has 7 nitrogen and oxygen atoms in total. The minimum absolute atomic E-state index is 0.149. The molecule has 0 aliphatic carbocycles. The van der Waals surface area contributed by atoms with Crippen LogP contribution in [0, 0.1) is 0 Å². The number of hydrogen-bond donors (Lipinski definition) is 1. The Labute approximate surface area is 181 Å². The molecule has 0 bridgehead atoms. The van der Waals surface area contributed by atoms with Gasteiger partial charge in [-0.15, -0.1) is 0 Å². The number of imidazole rings is 1. The first-order chi connectivity index (χ1) is 15.1. The number of aromatic nitrogens is 2. The largest absolute Gasteiger partial charge is 0.548 e. The Bertz CT molecular complexity index is 987. The van der Waals surface area contributed by atoms with E-state index >= 15 is 0 Å². The van der Waals surface area contributed by atoms with Gasteiger partial charge in [0.05, 0.1) is 24.2 Å². The Morgan fingerprint density at radius 3 is 2.42 bits per heavy atom. The molecule has 0 spiro atoms. The lowest BCUT2D eigenvalue weighted by molar-refractivity contribution is -0.306. The van der Waals surface area contributed by atoms with Gasteiger partial charge < -0.3 is 24.5 Å². The maximum atomic E-state index is 12.5. The van der Waals surface area contributed by atoms with E-state index in [4.69, 9.17) is 4.74 Å². The number of nitrogens with zero attached hydrogens (tertiary/aromatic N) is 2. The Morgan fingerprint density at radius 1 is 1.10 bits per heavy atom. The number of amides is 1. The van der Waals surface area contributed by atoms with Crippen LogP contribution < -0.4 is 10.4 Å². The summed E-state index contributed by atoms with van der Waals surface area (Å²) in [6, 6.07) is 18.4. The van der Waals surface area contributed by atoms with Crippen LogP contribution in [0.1, 0.15) is 43.6 Å². The Kier molecular flexibility index (Phi) is 7.81. The van der Waals surface area contributed by atoms with Gasteiger partial charge in [0.2, 0.25) is 0 Å². The van der Waals surface area contributed by atoms with Crippen LogP contribution in [0.4, 0.5) is 4.79 Å². The minimum Gasteiger partial charge on any atom is -0.548 e. The maximum Gasteiger partial charge on any atom is 0.408 e. The number of rotatable bonds is 10. The fraction of sp³-hybridized carbons (Fsp3) is 0.292. The number of nitrogens with one attached hydrogen (secondary N) is 1. The summed E-state index contributed by atoms with van der Waals surface area (Å²) in [6.45, 7) is 1.85. The lowest BCUT2D eigenvalue weighted by atomic mass is 10.1. The third-order valence-corrected chi connectivity index (χ3v) is 4.84. The van der Waals surface area contributed by atoms with Crippen molar-refractivity contribution in [1.82, 2.24) is 14.9 Å². The lowest BCUT2D eigenvalue weighted by Gasteiger charge is -2.20. The highest BCUT2D eigenvalue weighted by molar-refractivity contribution is 5.68. The zero-order chi connectivity index (χ0) is 22.1. The number of carboxylic acids is 1. The molecule has 3 aromatic rings. The highest BCUT2D eigenvalue weighted by Crippen LogP contribution is 2.25. The van der Waals surface area contributed by atoms with Crippen LogP contribution in [0.15, 0.2) is 66.9 Å². The molecule has 0 saturated carbocycles. The number of ether oxygens (including phenoxy) is 1. The van der Waals surface area contributed by atoms with E-state index in [1.54, 1.807) is 6.20 Å². The van der Waals surface area contributed by atoms with Crippen molar-refractivity contribution in [1.29, 1.82) is 0 Å². The second-order valence-corrected chi connectivity index (χ2v) is 7.25. The molecular formula is C24H26N3O4-. The Balaban J connectivity index is 1.81. The molecule has 1 amide bonds. The first-order valence-corrected chi connectivity index (χ1v) is 10.4. The van der Waals surface area contributed by atoms with E-state index in [-0.39, 0.29) is 13.2 Å². The molecule has 0 unspecified atom stereocenters. The summed E-state index contributed by atoms with van der Waals surface area (Å²) in [4.78, 5) is 28.4. The van der Waals surface area contributed by atoms with Gasteiger partial charge in [-0.3, -0.25) is 0 Å². The van der Waals surface area contributed by atoms with Gasteiger partial charge in [0.25, 0.3) is 0 Å². The van der Waals surface area contributed by atoms with E-state index in [9.17, 15) is 14.7 Å². The number of hydrogen-bond acceptors (Lipinski definition) is 5. The van der Waals surface area contributed by atoms with Gasteiger partial charge in [-0.2, -0.15) is 0 Å². The van der Waals surface area contributed by atoms with Gasteiger partial charge >= 0.3 is 6.09 Å². The first kappa shape index (κ1) is 22.1. The average Bonchev–Trinajstić information content (AvgIpc) is 3.19. The normalized spacial score (nSPS) is 11.6. The number of carbonyl (C=O) groups excluding carboxylic acids is 2. The van der Waals surface area contributed by atoms with Crippen LogP contribution in [-0.4, -0.2) is 21.6 Å².